The van der Waals surface area contributed by atoms with Gasteiger partial charge in [-0.05, 0) is 0 Å². The van der Waals surface area contributed by atoms with Gasteiger partial charge in [-0.3, -0.25) is 0 Å². The van der Waals surface area contributed by atoms with Crippen molar-refractivity contribution in [3.05, 3.63) is 0 Å². The SMILES string of the molecule is CCCCCCCCC[P](C)[Pr]. The first-order chi connectivity index (χ1) is 5.77. The van der Waals surface area contributed by atoms with Crippen LogP contribution in [0, 0.1) is 38.4 Å². The Morgan fingerprint density at radius 3 is 1.92 bits per heavy atom. The minimum absolute atomic E-state index is 0.539. The molecule has 0 spiro atoms. The second kappa shape index (κ2) is 10.9. The van der Waals surface area contributed by atoms with E-state index in [0.717, 1.165) is 0 Å². The van der Waals surface area contributed by atoms with Gasteiger partial charge in [0.05, 0.1) is 0 Å². The van der Waals surface area contributed by atoms with Crippen LogP contribution in [0.15, 0.2) is 0 Å². The van der Waals surface area contributed by atoms with Gasteiger partial charge in [0.25, 0.3) is 0 Å². The molecular weight excluding hydrogens is 292 g/mol. The van der Waals surface area contributed by atoms with E-state index in [1.54, 1.807) is 6.16 Å². The van der Waals surface area contributed by atoms with Crippen LogP contribution in [0.1, 0.15) is 51.9 Å². The summed E-state index contributed by atoms with van der Waals surface area (Å²) in [6, 6.07) is 0. The van der Waals surface area contributed by atoms with Crippen molar-refractivity contribution >= 4 is 2.74 Å². The molecule has 0 aliphatic rings. The molecule has 70 valence electrons. The van der Waals surface area contributed by atoms with E-state index in [9.17, 15) is 0 Å². The van der Waals surface area contributed by atoms with Crippen LogP contribution in [0.5, 0.6) is 0 Å². The van der Waals surface area contributed by atoms with Crippen molar-refractivity contribution in [3.63, 3.8) is 0 Å². The Kier molecular flexibility index (Phi) is 12.5. The fraction of sp³-hybridized carbons (Fsp3) is 1.00. The van der Waals surface area contributed by atoms with E-state index in [0.29, 0.717) is 2.74 Å². The van der Waals surface area contributed by atoms with E-state index in [-0.39, 0.29) is 0 Å². The van der Waals surface area contributed by atoms with E-state index in [4.69, 9.17) is 0 Å². The van der Waals surface area contributed by atoms with Crippen molar-refractivity contribution in [2.75, 3.05) is 12.8 Å². The molecular formula is C10H22PPr. The van der Waals surface area contributed by atoms with Gasteiger partial charge in [0.15, 0.2) is 0 Å². The van der Waals surface area contributed by atoms with Crippen LogP contribution in [-0.4, -0.2) is 12.8 Å². The summed E-state index contributed by atoms with van der Waals surface area (Å²) in [5.41, 5.74) is 0. The Morgan fingerprint density at radius 2 is 1.42 bits per heavy atom. The van der Waals surface area contributed by atoms with Crippen LogP contribution in [0.25, 0.3) is 0 Å². The second-order valence-electron chi connectivity index (χ2n) is 3.60. The molecule has 12 heavy (non-hydrogen) atoms. The van der Waals surface area contributed by atoms with Crippen molar-refractivity contribution in [1.29, 1.82) is 0 Å². The van der Waals surface area contributed by atoms with E-state index >= 15 is 0 Å². The van der Waals surface area contributed by atoms with Gasteiger partial charge in [0.2, 0.25) is 0 Å². The molecule has 0 N–H and O–H groups in total. The van der Waals surface area contributed by atoms with E-state index < -0.39 is 0 Å². The molecule has 1 unspecified atom stereocenters. The Bertz CT molecular complexity index is 83.9. The van der Waals surface area contributed by atoms with Gasteiger partial charge < -0.3 is 0 Å². The van der Waals surface area contributed by atoms with Gasteiger partial charge in [0, 0.05) is 0 Å². The van der Waals surface area contributed by atoms with E-state index in [2.05, 4.69) is 13.6 Å². The molecule has 0 nitrogen and oxygen atoms in total. The predicted molar refractivity (Wildman–Crippen MR) is 55.7 cm³/mol. The van der Waals surface area contributed by atoms with Crippen LogP contribution in [0.4, 0.5) is 0 Å². The Labute approximate surface area is 105 Å². The van der Waals surface area contributed by atoms with Gasteiger partial charge in [-0.25, -0.2) is 0 Å². The van der Waals surface area contributed by atoms with Crippen LogP contribution < -0.4 is 0 Å². The third-order valence-electron chi connectivity index (χ3n) is 2.11. The van der Waals surface area contributed by atoms with Crippen molar-refractivity contribution < 1.29 is 38.4 Å². The molecule has 0 rings (SSSR count). The molecule has 0 saturated heterocycles. The monoisotopic (exact) mass is 314 g/mol. The molecule has 0 heterocycles. The first-order valence-corrected chi connectivity index (χ1v) is 12.2. The van der Waals surface area contributed by atoms with Crippen molar-refractivity contribution in [1.82, 2.24) is 0 Å². The maximum absolute atomic E-state index is 2.46. The van der Waals surface area contributed by atoms with Gasteiger partial charge in [-0.1, -0.05) is 0 Å². The molecule has 0 saturated carbocycles. The quantitative estimate of drug-likeness (QED) is 0.462. The average Bonchev–Trinajstić information content (AvgIpc) is 2.02. The summed E-state index contributed by atoms with van der Waals surface area (Å²) in [6.45, 7) is 4.74. The molecule has 2 heteroatoms. The van der Waals surface area contributed by atoms with Crippen molar-refractivity contribution in [3.8, 4) is 0 Å². The fourth-order valence-electron chi connectivity index (χ4n) is 1.32. The first-order valence-electron chi connectivity index (χ1n) is 5.23. The standard InChI is InChI=1S/C10H22P.Pr/c1-3-4-5-6-7-8-9-10-11-2;/h3-10H2,1-2H3;/q-1;+1. The summed E-state index contributed by atoms with van der Waals surface area (Å²) < 4.78 is 0.539. The van der Waals surface area contributed by atoms with Crippen LogP contribution in [-0.2, 0) is 0 Å². The molecule has 1 atom stereocenters. The molecule has 0 radical (unpaired) electrons. The van der Waals surface area contributed by atoms with Crippen LogP contribution >= 0.6 is 2.74 Å². The minimum atomic E-state index is 0.539. The Hall–Kier alpha value is 1.79. The van der Waals surface area contributed by atoms with Gasteiger partial charge in [-0.15, -0.1) is 0 Å². The van der Waals surface area contributed by atoms with Crippen LogP contribution in [0.3, 0.4) is 0 Å². The van der Waals surface area contributed by atoms with Gasteiger partial charge >= 0.3 is 106 Å². The summed E-state index contributed by atoms with van der Waals surface area (Å²) in [6.07, 6.45) is 11.9. The Morgan fingerprint density at radius 1 is 0.917 bits per heavy atom. The number of rotatable bonds is 8. The van der Waals surface area contributed by atoms with E-state index in [1.165, 1.54) is 83.4 Å². The number of unbranched alkanes of at least 4 members (excludes halogenated alkanes) is 6. The molecule has 0 aliphatic heterocycles. The van der Waals surface area contributed by atoms with E-state index in [1.807, 2.05) is 0 Å². The summed E-state index contributed by atoms with van der Waals surface area (Å²) in [5, 5.41) is 0. The third kappa shape index (κ3) is 11.8. The molecule has 0 fully saturated rings. The second-order valence-corrected chi connectivity index (χ2v) is 14.0. The predicted octanol–water partition coefficient (Wildman–Crippen LogP) is 4.31. The number of hydrogen-bond acceptors (Lipinski definition) is 0. The summed E-state index contributed by atoms with van der Waals surface area (Å²) in [4.78, 5) is 0. The molecule has 0 aromatic carbocycles. The zero-order valence-electron chi connectivity index (χ0n) is 8.68. The third-order valence-corrected chi connectivity index (χ3v) is 5.62. The summed E-state index contributed by atoms with van der Waals surface area (Å²) >= 11 is 1.27. The van der Waals surface area contributed by atoms with Gasteiger partial charge in [0.1, 0.15) is 0 Å². The molecule has 0 aromatic rings. The molecule has 0 aromatic heterocycles. The molecule has 0 amide bonds. The topological polar surface area (TPSA) is 0 Å². The zero-order valence-corrected chi connectivity index (χ0v) is 13.3. The maximum atomic E-state index is 2.46. The van der Waals surface area contributed by atoms with Crippen molar-refractivity contribution in [2.24, 2.45) is 0 Å². The fourth-order valence-corrected chi connectivity index (χ4v) is 3.80. The van der Waals surface area contributed by atoms with Crippen LogP contribution in [0.2, 0.25) is 0 Å². The normalized spacial score (nSPS) is 13.1. The van der Waals surface area contributed by atoms with Crippen molar-refractivity contribution in [2.45, 2.75) is 51.9 Å². The Balaban J connectivity index is 2.82. The summed E-state index contributed by atoms with van der Waals surface area (Å²) in [7, 11) is 0. The first kappa shape index (κ1) is 13.8. The zero-order chi connectivity index (χ0) is 9.23. The average molecular weight is 314 g/mol. The molecule has 0 bridgehead atoms. The number of hydrogen-bond donors (Lipinski definition) is 0. The molecule has 0 aliphatic carbocycles. The van der Waals surface area contributed by atoms with Gasteiger partial charge in [-0.2, -0.15) is 0 Å². The summed E-state index contributed by atoms with van der Waals surface area (Å²) in [5.74, 6) is 0.